The highest BCUT2D eigenvalue weighted by Crippen LogP contribution is 2.21. The van der Waals surface area contributed by atoms with Gasteiger partial charge < -0.3 is 14.8 Å². The zero-order chi connectivity index (χ0) is 17.5. The molecule has 0 unspecified atom stereocenters. The normalized spacial score (nSPS) is 20.2. The van der Waals surface area contributed by atoms with Crippen molar-refractivity contribution in [3.8, 4) is 0 Å². The van der Waals surface area contributed by atoms with Crippen LogP contribution in [0.3, 0.4) is 0 Å². The van der Waals surface area contributed by atoms with Gasteiger partial charge in [0.05, 0.1) is 19.3 Å². The number of nitrogens with one attached hydrogen (secondary N) is 1. The first-order valence-corrected chi connectivity index (χ1v) is 8.14. The SMILES string of the molecule is CO[C@@H]1C[C@@H](C(=O)NCc2cccnc2)N(C(=O)OCC(C)C)C1. The van der Waals surface area contributed by atoms with Crippen LogP contribution < -0.4 is 5.32 Å². The van der Waals surface area contributed by atoms with Gasteiger partial charge in [0.25, 0.3) is 0 Å². The highest BCUT2D eigenvalue weighted by molar-refractivity contribution is 5.86. The Labute approximate surface area is 142 Å². The summed E-state index contributed by atoms with van der Waals surface area (Å²) in [5.74, 6) is 0.0348. The summed E-state index contributed by atoms with van der Waals surface area (Å²) in [7, 11) is 1.58. The van der Waals surface area contributed by atoms with Crippen LogP contribution in [0.1, 0.15) is 25.8 Å². The molecular formula is C17H25N3O4. The summed E-state index contributed by atoms with van der Waals surface area (Å²) in [6.07, 6.45) is 3.21. The average molecular weight is 335 g/mol. The van der Waals surface area contributed by atoms with E-state index in [0.29, 0.717) is 26.1 Å². The highest BCUT2D eigenvalue weighted by atomic mass is 16.6. The molecule has 1 saturated heterocycles. The minimum Gasteiger partial charge on any atom is -0.449 e. The highest BCUT2D eigenvalue weighted by Gasteiger charge is 2.40. The molecule has 2 amide bonds. The van der Waals surface area contributed by atoms with E-state index in [2.05, 4.69) is 10.3 Å². The van der Waals surface area contributed by atoms with E-state index in [4.69, 9.17) is 9.47 Å². The molecule has 0 bridgehead atoms. The van der Waals surface area contributed by atoms with Crippen molar-refractivity contribution in [1.82, 2.24) is 15.2 Å². The maximum absolute atomic E-state index is 12.5. The standard InChI is InChI=1S/C17H25N3O4/c1-12(2)11-24-17(22)20-10-14(23-3)7-15(20)16(21)19-9-13-5-4-6-18-8-13/h4-6,8,12,14-15H,7,9-11H2,1-3H3,(H,19,21)/t14-,15+/m1/s1. The average Bonchev–Trinajstić information content (AvgIpc) is 3.03. The van der Waals surface area contributed by atoms with Gasteiger partial charge in [-0.25, -0.2) is 4.79 Å². The molecule has 0 saturated carbocycles. The number of carbonyl (C=O) groups is 2. The lowest BCUT2D eigenvalue weighted by molar-refractivity contribution is -0.125. The van der Waals surface area contributed by atoms with Gasteiger partial charge >= 0.3 is 6.09 Å². The number of likely N-dealkylation sites (tertiary alicyclic amines) is 1. The Morgan fingerprint density at radius 2 is 2.25 bits per heavy atom. The summed E-state index contributed by atoms with van der Waals surface area (Å²) < 4.78 is 10.6. The fourth-order valence-electron chi connectivity index (χ4n) is 2.55. The predicted molar refractivity (Wildman–Crippen MR) is 88.2 cm³/mol. The molecule has 1 N–H and O–H groups in total. The van der Waals surface area contributed by atoms with Gasteiger partial charge in [-0.3, -0.25) is 14.7 Å². The second-order valence-corrected chi connectivity index (χ2v) is 6.31. The van der Waals surface area contributed by atoms with Gasteiger partial charge in [0.1, 0.15) is 6.04 Å². The van der Waals surface area contributed by atoms with Crippen LogP contribution in [0.2, 0.25) is 0 Å². The Bertz CT molecular complexity index is 550. The van der Waals surface area contributed by atoms with Gasteiger partial charge in [-0.05, 0) is 17.5 Å². The maximum Gasteiger partial charge on any atom is 0.410 e. The third kappa shape index (κ3) is 4.92. The first kappa shape index (κ1) is 18.2. The summed E-state index contributed by atoms with van der Waals surface area (Å²) in [6, 6.07) is 3.12. The number of amides is 2. The number of hydrogen-bond acceptors (Lipinski definition) is 5. The van der Waals surface area contributed by atoms with Crippen LogP contribution in [0.4, 0.5) is 4.79 Å². The lowest BCUT2D eigenvalue weighted by Crippen LogP contribution is -2.46. The monoisotopic (exact) mass is 335 g/mol. The van der Waals surface area contributed by atoms with Crippen molar-refractivity contribution >= 4 is 12.0 Å². The first-order chi connectivity index (χ1) is 11.5. The van der Waals surface area contributed by atoms with E-state index >= 15 is 0 Å². The molecule has 2 atom stereocenters. The molecule has 1 aliphatic rings. The molecule has 2 heterocycles. The van der Waals surface area contributed by atoms with Crippen molar-refractivity contribution in [2.24, 2.45) is 5.92 Å². The summed E-state index contributed by atoms with van der Waals surface area (Å²) in [6.45, 7) is 4.99. The molecule has 0 spiro atoms. The van der Waals surface area contributed by atoms with Crippen LogP contribution in [0.25, 0.3) is 0 Å². The van der Waals surface area contributed by atoms with Gasteiger partial charge in [-0.1, -0.05) is 19.9 Å². The van der Waals surface area contributed by atoms with E-state index in [0.717, 1.165) is 5.56 Å². The molecule has 7 heteroatoms. The molecule has 1 aromatic rings. The lowest BCUT2D eigenvalue weighted by atomic mass is 10.2. The van der Waals surface area contributed by atoms with Crippen molar-refractivity contribution in [3.63, 3.8) is 0 Å². The quantitative estimate of drug-likeness (QED) is 0.854. The van der Waals surface area contributed by atoms with Gasteiger partial charge in [-0.2, -0.15) is 0 Å². The number of methoxy groups -OCH3 is 1. The third-order valence-corrected chi connectivity index (χ3v) is 3.86. The summed E-state index contributed by atoms with van der Waals surface area (Å²) in [5, 5.41) is 2.85. The molecule has 7 nitrogen and oxygen atoms in total. The van der Waals surface area contributed by atoms with E-state index in [1.807, 2.05) is 26.0 Å². The molecule has 2 rings (SSSR count). The molecule has 0 aromatic carbocycles. The zero-order valence-corrected chi connectivity index (χ0v) is 14.4. The number of ether oxygens (including phenoxy) is 2. The molecule has 132 valence electrons. The number of carbonyl (C=O) groups excluding carboxylic acids is 2. The number of hydrogen-bond donors (Lipinski definition) is 1. The largest absolute Gasteiger partial charge is 0.449 e. The summed E-state index contributed by atoms with van der Waals surface area (Å²) in [5.41, 5.74) is 0.904. The predicted octanol–water partition coefficient (Wildman–Crippen LogP) is 1.58. The minimum absolute atomic E-state index is 0.161. The Balaban J connectivity index is 1.96. The van der Waals surface area contributed by atoms with E-state index in [1.165, 1.54) is 4.90 Å². The fraction of sp³-hybridized carbons (Fsp3) is 0.588. The van der Waals surface area contributed by atoms with E-state index in [1.54, 1.807) is 19.5 Å². The second-order valence-electron chi connectivity index (χ2n) is 6.31. The Morgan fingerprint density at radius 3 is 2.88 bits per heavy atom. The van der Waals surface area contributed by atoms with Crippen molar-refractivity contribution in [2.75, 3.05) is 20.3 Å². The van der Waals surface area contributed by atoms with Crippen molar-refractivity contribution in [1.29, 1.82) is 0 Å². The molecule has 0 radical (unpaired) electrons. The smallest absolute Gasteiger partial charge is 0.410 e. The molecule has 0 aliphatic carbocycles. The van der Waals surface area contributed by atoms with Crippen LogP contribution in [0, 0.1) is 5.92 Å². The molecule has 24 heavy (non-hydrogen) atoms. The van der Waals surface area contributed by atoms with Crippen LogP contribution in [0.5, 0.6) is 0 Å². The van der Waals surface area contributed by atoms with Gasteiger partial charge in [-0.15, -0.1) is 0 Å². The van der Waals surface area contributed by atoms with Crippen molar-refractivity contribution in [2.45, 2.75) is 39.0 Å². The van der Waals surface area contributed by atoms with E-state index in [-0.39, 0.29) is 17.9 Å². The number of aromatic nitrogens is 1. The number of rotatable bonds is 6. The van der Waals surface area contributed by atoms with E-state index in [9.17, 15) is 9.59 Å². The Morgan fingerprint density at radius 1 is 1.46 bits per heavy atom. The van der Waals surface area contributed by atoms with Crippen LogP contribution >= 0.6 is 0 Å². The third-order valence-electron chi connectivity index (χ3n) is 3.86. The van der Waals surface area contributed by atoms with Crippen LogP contribution in [-0.4, -0.2) is 54.3 Å². The molecule has 1 fully saturated rings. The molecular weight excluding hydrogens is 310 g/mol. The number of pyridine rings is 1. The topological polar surface area (TPSA) is 80.8 Å². The summed E-state index contributed by atoms with van der Waals surface area (Å²) in [4.78, 5) is 30.2. The molecule has 1 aromatic heterocycles. The first-order valence-electron chi connectivity index (χ1n) is 8.14. The van der Waals surface area contributed by atoms with Gasteiger partial charge in [0, 0.05) is 32.5 Å². The summed E-state index contributed by atoms with van der Waals surface area (Å²) >= 11 is 0. The lowest BCUT2D eigenvalue weighted by Gasteiger charge is -2.23. The van der Waals surface area contributed by atoms with Gasteiger partial charge in [0.2, 0.25) is 5.91 Å². The molecule has 1 aliphatic heterocycles. The number of nitrogens with zero attached hydrogens (tertiary/aromatic N) is 2. The minimum atomic E-state index is -0.578. The second kappa shape index (κ2) is 8.63. The van der Waals surface area contributed by atoms with Gasteiger partial charge in [0.15, 0.2) is 0 Å². The van der Waals surface area contributed by atoms with Crippen molar-refractivity contribution in [3.05, 3.63) is 30.1 Å². The fourth-order valence-corrected chi connectivity index (χ4v) is 2.55. The Hall–Kier alpha value is -2.15. The van der Waals surface area contributed by atoms with E-state index < -0.39 is 12.1 Å². The van der Waals surface area contributed by atoms with Crippen LogP contribution in [-0.2, 0) is 20.8 Å². The zero-order valence-electron chi connectivity index (χ0n) is 14.4. The maximum atomic E-state index is 12.5. The van der Waals surface area contributed by atoms with Crippen molar-refractivity contribution < 1.29 is 19.1 Å². The Kier molecular flexibility index (Phi) is 6.54. The van der Waals surface area contributed by atoms with Crippen LogP contribution in [0.15, 0.2) is 24.5 Å².